The van der Waals surface area contributed by atoms with Gasteiger partial charge in [0.15, 0.2) is 11.5 Å². The van der Waals surface area contributed by atoms with Crippen molar-refractivity contribution in [1.82, 2.24) is 4.98 Å². The second-order valence-electron chi connectivity index (χ2n) is 6.78. The van der Waals surface area contributed by atoms with Gasteiger partial charge in [-0.1, -0.05) is 65.4 Å². The highest BCUT2D eigenvalue weighted by atomic mass is 35.5. The fourth-order valence-electron chi connectivity index (χ4n) is 3.16. The normalized spacial score (nSPS) is 11.0. The van der Waals surface area contributed by atoms with E-state index in [9.17, 15) is 0 Å². The molecule has 0 aliphatic rings. The van der Waals surface area contributed by atoms with Gasteiger partial charge in [0.25, 0.3) is 0 Å². The summed E-state index contributed by atoms with van der Waals surface area (Å²) in [7, 11) is 1.62. The van der Waals surface area contributed by atoms with Gasteiger partial charge in [0.2, 0.25) is 5.13 Å². The van der Waals surface area contributed by atoms with Crippen molar-refractivity contribution >= 4 is 34.3 Å². The Morgan fingerprint density at radius 2 is 1.78 bits per heavy atom. The average Bonchev–Trinajstić information content (AvgIpc) is 3.25. The number of thiazole rings is 1. The molecule has 0 unspecified atom stereocenters. The number of aromatic nitrogens is 1. The van der Waals surface area contributed by atoms with Crippen molar-refractivity contribution in [3.05, 3.63) is 83.4 Å². The summed E-state index contributed by atoms with van der Waals surface area (Å²) in [6, 6.07) is 23.6. The van der Waals surface area contributed by atoms with Crippen molar-refractivity contribution < 1.29 is 9.47 Å². The first-order valence-corrected chi connectivity index (χ1v) is 11.3. The van der Waals surface area contributed by atoms with E-state index < -0.39 is 0 Å². The molecule has 1 aromatic heterocycles. The minimum atomic E-state index is 0.578. The van der Waals surface area contributed by atoms with Crippen LogP contribution in [0.25, 0.3) is 21.7 Å². The first kappa shape index (κ1) is 21.9. The molecule has 162 valence electrons. The average molecular weight is 464 g/mol. The van der Waals surface area contributed by atoms with E-state index in [0.29, 0.717) is 28.3 Å². The maximum atomic E-state index is 6.08. The summed E-state index contributed by atoms with van der Waals surface area (Å²) in [5.74, 6) is 1.38. The number of hydrogen-bond donors (Lipinski definition) is 1. The number of hydrazone groups is 1. The van der Waals surface area contributed by atoms with Crippen molar-refractivity contribution in [1.29, 1.82) is 0 Å². The van der Waals surface area contributed by atoms with Gasteiger partial charge < -0.3 is 9.47 Å². The lowest BCUT2D eigenvalue weighted by atomic mass is 10.1. The summed E-state index contributed by atoms with van der Waals surface area (Å²) in [5.41, 5.74) is 6.95. The number of rotatable bonds is 8. The molecule has 1 N–H and O–H groups in total. The smallest absolute Gasteiger partial charge is 0.204 e. The van der Waals surface area contributed by atoms with Crippen molar-refractivity contribution in [2.24, 2.45) is 5.10 Å². The van der Waals surface area contributed by atoms with Crippen LogP contribution in [0.3, 0.4) is 0 Å². The molecular formula is C25H22ClN3O2S. The highest BCUT2D eigenvalue weighted by Gasteiger charge is 2.15. The lowest BCUT2D eigenvalue weighted by Crippen LogP contribution is -1.96. The van der Waals surface area contributed by atoms with Crippen LogP contribution in [0.1, 0.15) is 12.5 Å². The maximum absolute atomic E-state index is 6.08. The number of nitrogens with zero attached hydrogens (tertiary/aromatic N) is 2. The van der Waals surface area contributed by atoms with Gasteiger partial charge in [0, 0.05) is 10.6 Å². The number of nitrogens with one attached hydrogen (secondary N) is 1. The number of ether oxygens (including phenoxy) is 2. The zero-order chi connectivity index (χ0) is 22.3. The Hall–Kier alpha value is -3.35. The molecule has 0 bridgehead atoms. The van der Waals surface area contributed by atoms with Crippen LogP contribution >= 0.6 is 22.9 Å². The Labute approximate surface area is 196 Å². The van der Waals surface area contributed by atoms with Crippen molar-refractivity contribution in [2.75, 3.05) is 19.1 Å². The lowest BCUT2D eigenvalue weighted by molar-refractivity contribution is 0.311. The minimum Gasteiger partial charge on any atom is -0.493 e. The van der Waals surface area contributed by atoms with Gasteiger partial charge in [-0.2, -0.15) is 5.10 Å². The van der Waals surface area contributed by atoms with Gasteiger partial charge >= 0.3 is 0 Å². The fourth-order valence-corrected chi connectivity index (χ4v) is 4.23. The molecule has 1 heterocycles. The summed E-state index contributed by atoms with van der Waals surface area (Å²) < 4.78 is 11.0. The quantitative estimate of drug-likeness (QED) is 0.226. The van der Waals surface area contributed by atoms with Crippen molar-refractivity contribution in [3.63, 3.8) is 0 Å². The Morgan fingerprint density at radius 1 is 1.00 bits per heavy atom. The fraction of sp³-hybridized carbons (Fsp3) is 0.120. The molecule has 32 heavy (non-hydrogen) atoms. The molecule has 0 aliphatic heterocycles. The third-order valence-electron chi connectivity index (χ3n) is 4.64. The molecule has 0 aliphatic carbocycles. The van der Waals surface area contributed by atoms with Gasteiger partial charge in [-0.05, 0) is 48.4 Å². The first-order valence-electron chi connectivity index (χ1n) is 10.1. The molecule has 5 nitrogen and oxygen atoms in total. The van der Waals surface area contributed by atoms with E-state index in [0.717, 1.165) is 27.3 Å². The summed E-state index contributed by atoms with van der Waals surface area (Å²) in [5, 5.41) is 5.77. The first-order chi connectivity index (χ1) is 15.7. The summed E-state index contributed by atoms with van der Waals surface area (Å²) in [6.45, 7) is 2.52. The number of hydrogen-bond acceptors (Lipinski definition) is 6. The maximum Gasteiger partial charge on any atom is 0.204 e. The van der Waals surface area contributed by atoms with Crippen molar-refractivity contribution in [3.8, 4) is 33.2 Å². The zero-order valence-electron chi connectivity index (χ0n) is 17.7. The molecule has 0 fully saturated rings. The third kappa shape index (κ3) is 5.10. The largest absolute Gasteiger partial charge is 0.493 e. The van der Waals surface area contributed by atoms with Gasteiger partial charge in [0.1, 0.15) is 0 Å². The van der Waals surface area contributed by atoms with Crippen molar-refractivity contribution in [2.45, 2.75) is 6.92 Å². The molecule has 0 saturated carbocycles. The third-order valence-corrected chi connectivity index (χ3v) is 5.90. The van der Waals surface area contributed by atoms with Crippen LogP contribution in [0, 0.1) is 0 Å². The molecule has 7 heteroatoms. The van der Waals surface area contributed by atoms with Crippen LogP contribution in [0.15, 0.2) is 77.9 Å². The van der Waals surface area contributed by atoms with Gasteiger partial charge in [0.05, 0.1) is 30.5 Å². The minimum absolute atomic E-state index is 0.578. The highest BCUT2D eigenvalue weighted by Crippen LogP contribution is 2.39. The van der Waals surface area contributed by atoms with Crippen LogP contribution in [-0.2, 0) is 0 Å². The van der Waals surface area contributed by atoms with E-state index in [-0.39, 0.29) is 0 Å². The SMILES string of the molecule is CCOc1ccc(/C=N/Nc2nc(-c3ccccc3)c(-c3ccc(Cl)cc3)s2)cc1OC. The molecular weight excluding hydrogens is 442 g/mol. The van der Waals surface area contributed by atoms with Crippen LogP contribution in [0.4, 0.5) is 5.13 Å². The molecule has 0 atom stereocenters. The molecule has 4 rings (SSSR count). The summed E-state index contributed by atoms with van der Waals surface area (Å²) in [4.78, 5) is 5.85. The standard InChI is InChI=1S/C25H22ClN3O2S/c1-3-31-21-14-9-17(15-22(21)30-2)16-27-29-25-28-23(18-7-5-4-6-8-18)24(32-25)19-10-12-20(26)13-11-19/h4-16H,3H2,1-2H3,(H,28,29)/b27-16+. The van der Waals surface area contributed by atoms with E-state index in [1.807, 2.05) is 79.7 Å². The lowest BCUT2D eigenvalue weighted by Gasteiger charge is -2.09. The number of anilines is 1. The van der Waals surface area contributed by atoms with Crippen LogP contribution in [-0.4, -0.2) is 24.9 Å². The zero-order valence-corrected chi connectivity index (χ0v) is 19.3. The number of halogens is 1. The van der Waals surface area contributed by atoms with Crippen LogP contribution in [0.5, 0.6) is 11.5 Å². The Morgan fingerprint density at radius 3 is 2.50 bits per heavy atom. The summed E-state index contributed by atoms with van der Waals surface area (Å²) in [6.07, 6.45) is 1.73. The van der Waals surface area contributed by atoms with Crippen LogP contribution < -0.4 is 14.9 Å². The second kappa shape index (κ2) is 10.3. The summed E-state index contributed by atoms with van der Waals surface area (Å²) >= 11 is 7.62. The predicted octanol–water partition coefficient (Wildman–Crippen LogP) is 6.98. The Balaban J connectivity index is 1.60. The van der Waals surface area contributed by atoms with E-state index in [1.54, 1.807) is 24.7 Å². The Bertz CT molecular complexity index is 1210. The van der Waals surface area contributed by atoms with E-state index in [4.69, 9.17) is 26.1 Å². The molecule has 0 spiro atoms. The molecule has 0 amide bonds. The van der Waals surface area contributed by atoms with Crippen LogP contribution in [0.2, 0.25) is 5.02 Å². The predicted molar refractivity (Wildman–Crippen MR) is 133 cm³/mol. The van der Waals surface area contributed by atoms with Gasteiger partial charge in [-0.3, -0.25) is 5.43 Å². The molecule has 3 aromatic carbocycles. The van der Waals surface area contributed by atoms with E-state index in [2.05, 4.69) is 10.5 Å². The Kier molecular flexibility index (Phi) is 7.04. The molecule has 0 saturated heterocycles. The number of methoxy groups -OCH3 is 1. The molecule has 4 aromatic rings. The topological polar surface area (TPSA) is 55.7 Å². The molecule has 0 radical (unpaired) electrons. The van der Waals surface area contributed by atoms with E-state index >= 15 is 0 Å². The second-order valence-corrected chi connectivity index (χ2v) is 8.22. The van der Waals surface area contributed by atoms with E-state index in [1.165, 1.54) is 0 Å². The number of benzene rings is 3. The van der Waals surface area contributed by atoms with Gasteiger partial charge in [-0.15, -0.1) is 0 Å². The van der Waals surface area contributed by atoms with Gasteiger partial charge in [-0.25, -0.2) is 4.98 Å². The highest BCUT2D eigenvalue weighted by molar-refractivity contribution is 7.19. The monoisotopic (exact) mass is 463 g/mol.